The first-order valence-corrected chi connectivity index (χ1v) is 5.87. The van der Waals surface area contributed by atoms with Gasteiger partial charge in [-0.1, -0.05) is 0 Å². The van der Waals surface area contributed by atoms with Crippen LogP contribution in [0.25, 0.3) is 0 Å². The van der Waals surface area contributed by atoms with Crippen molar-refractivity contribution in [1.29, 1.82) is 0 Å². The molecule has 0 bridgehead atoms. The van der Waals surface area contributed by atoms with Gasteiger partial charge >= 0.3 is 5.97 Å². The van der Waals surface area contributed by atoms with Gasteiger partial charge in [0.1, 0.15) is 5.82 Å². The van der Waals surface area contributed by atoms with Gasteiger partial charge in [0.05, 0.1) is 11.3 Å². The second-order valence-electron chi connectivity index (χ2n) is 4.02. The molecule has 2 rings (SSSR count). The summed E-state index contributed by atoms with van der Waals surface area (Å²) in [6, 6.07) is 3.27. The van der Waals surface area contributed by atoms with Crippen molar-refractivity contribution in [3.8, 4) is 0 Å². The minimum absolute atomic E-state index is 0.0830. The van der Waals surface area contributed by atoms with Crippen LogP contribution < -0.4 is 11.1 Å². The molecule has 0 aromatic carbocycles. The van der Waals surface area contributed by atoms with Gasteiger partial charge in [-0.15, -0.1) is 0 Å². The van der Waals surface area contributed by atoms with E-state index in [4.69, 9.17) is 10.8 Å². The summed E-state index contributed by atoms with van der Waals surface area (Å²) < 4.78 is 1.84. The van der Waals surface area contributed by atoms with Gasteiger partial charge in [-0.2, -0.15) is 5.10 Å². The van der Waals surface area contributed by atoms with Gasteiger partial charge in [0.15, 0.2) is 0 Å². The lowest BCUT2D eigenvalue weighted by Gasteiger charge is -2.08. The van der Waals surface area contributed by atoms with Gasteiger partial charge in [-0.05, 0) is 18.6 Å². The average Bonchev–Trinajstić information content (AvgIpc) is 2.89. The lowest BCUT2D eigenvalue weighted by atomic mass is 10.2. The number of nitrogen functional groups attached to an aromatic ring is 1. The number of nitrogens with one attached hydrogen (secondary N) is 1. The first-order valence-electron chi connectivity index (χ1n) is 5.87. The Bertz CT molecular complexity index is 553. The summed E-state index contributed by atoms with van der Waals surface area (Å²) in [6.45, 7) is 1.48. The van der Waals surface area contributed by atoms with E-state index in [9.17, 15) is 4.79 Å². The van der Waals surface area contributed by atoms with Crippen LogP contribution in [0.3, 0.4) is 0 Å². The van der Waals surface area contributed by atoms with Crippen LogP contribution in [-0.4, -0.2) is 32.4 Å². The summed E-state index contributed by atoms with van der Waals surface area (Å²) in [5.41, 5.74) is 6.15. The van der Waals surface area contributed by atoms with Crippen LogP contribution in [0.4, 0.5) is 11.5 Å². The van der Waals surface area contributed by atoms with Crippen molar-refractivity contribution in [2.75, 3.05) is 17.6 Å². The largest absolute Gasteiger partial charge is 0.478 e. The van der Waals surface area contributed by atoms with Gasteiger partial charge in [-0.3, -0.25) is 4.68 Å². The van der Waals surface area contributed by atoms with Crippen LogP contribution in [-0.2, 0) is 6.54 Å². The molecule has 0 spiro atoms. The molecule has 0 saturated heterocycles. The molecule has 0 radical (unpaired) electrons. The van der Waals surface area contributed by atoms with E-state index in [1.807, 2.05) is 16.9 Å². The lowest BCUT2D eigenvalue weighted by Crippen LogP contribution is -2.10. The zero-order valence-electron chi connectivity index (χ0n) is 10.3. The molecule has 0 amide bonds. The van der Waals surface area contributed by atoms with E-state index in [1.54, 1.807) is 6.20 Å². The Hall–Kier alpha value is -2.57. The van der Waals surface area contributed by atoms with Crippen LogP contribution in [0, 0.1) is 0 Å². The van der Waals surface area contributed by atoms with E-state index in [1.165, 1.54) is 12.3 Å². The quantitative estimate of drug-likeness (QED) is 0.671. The number of hydrogen-bond donors (Lipinski definition) is 3. The fraction of sp³-hybridized carbons (Fsp3) is 0.250. The van der Waals surface area contributed by atoms with Crippen LogP contribution >= 0.6 is 0 Å². The molecule has 7 nitrogen and oxygen atoms in total. The molecule has 0 aliphatic carbocycles. The molecule has 2 aromatic rings. The third-order valence-electron chi connectivity index (χ3n) is 2.58. The smallest absolute Gasteiger partial charge is 0.337 e. The summed E-state index contributed by atoms with van der Waals surface area (Å²) in [4.78, 5) is 14.7. The fourth-order valence-electron chi connectivity index (χ4n) is 1.63. The Morgan fingerprint density at radius 3 is 3.00 bits per heavy atom. The average molecular weight is 261 g/mol. The molecule has 0 fully saturated rings. The van der Waals surface area contributed by atoms with Crippen LogP contribution in [0.1, 0.15) is 16.8 Å². The SMILES string of the molecule is Nc1cc(C(=O)O)cnc1NCCCn1cccn1. The Morgan fingerprint density at radius 1 is 1.53 bits per heavy atom. The molecule has 0 aliphatic heterocycles. The number of aromatic nitrogens is 3. The normalized spacial score (nSPS) is 10.3. The predicted molar refractivity (Wildman–Crippen MR) is 70.9 cm³/mol. The molecule has 0 saturated carbocycles. The number of aromatic carboxylic acids is 1. The van der Waals surface area contributed by atoms with Crippen LogP contribution in [0.15, 0.2) is 30.7 Å². The number of carbonyl (C=O) groups is 1. The Labute approximate surface area is 110 Å². The maximum atomic E-state index is 10.7. The third kappa shape index (κ3) is 3.44. The van der Waals surface area contributed by atoms with Gasteiger partial charge in [-0.25, -0.2) is 9.78 Å². The van der Waals surface area contributed by atoms with E-state index in [2.05, 4.69) is 15.4 Å². The highest BCUT2D eigenvalue weighted by Crippen LogP contribution is 2.16. The number of aryl methyl sites for hydroxylation is 1. The maximum absolute atomic E-state index is 10.7. The molecule has 7 heteroatoms. The molecular formula is C12H15N5O2. The Kier molecular flexibility index (Phi) is 3.97. The van der Waals surface area contributed by atoms with Gasteiger partial charge in [0.2, 0.25) is 0 Å². The molecule has 2 heterocycles. The van der Waals surface area contributed by atoms with Crippen molar-refractivity contribution in [3.63, 3.8) is 0 Å². The number of anilines is 2. The maximum Gasteiger partial charge on any atom is 0.337 e. The molecule has 0 atom stereocenters. The molecule has 4 N–H and O–H groups in total. The Balaban J connectivity index is 1.84. The minimum atomic E-state index is -1.04. The first-order chi connectivity index (χ1) is 9.16. The highest BCUT2D eigenvalue weighted by Gasteiger charge is 2.07. The van der Waals surface area contributed by atoms with E-state index in [0.717, 1.165) is 13.0 Å². The number of carboxylic acids is 1. The number of carboxylic acid groups (broad SMARTS) is 1. The summed E-state index contributed by atoms with van der Waals surface area (Å²) in [7, 11) is 0. The summed E-state index contributed by atoms with van der Waals surface area (Å²) in [5.74, 6) is -0.533. The van der Waals surface area contributed by atoms with Gasteiger partial charge in [0.25, 0.3) is 0 Å². The van der Waals surface area contributed by atoms with E-state index in [0.29, 0.717) is 18.1 Å². The highest BCUT2D eigenvalue weighted by atomic mass is 16.4. The van der Waals surface area contributed by atoms with Gasteiger partial charge in [0, 0.05) is 31.7 Å². The number of nitrogens with two attached hydrogens (primary N) is 1. The highest BCUT2D eigenvalue weighted by molar-refractivity contribution is 5.89. The van der Waals surface area contributed by atoms with Crippen LogP contribution in [0.2, 0.25) is 0 Å². The predicted octanol–water partition coefficient (Wildman–Crippen LogP) is 1.06. The molecule has 0 unspecified atom stereocenters. The van der Waals surface area contributed by atoms with Crippen molar-refractivity contribution in [3.05, 3.63) is 36.3 Å². The summed E-state index contributed by atoms with van der Waals surface area (Å²) in [6.07, 6.45) is 5.78. The van der Waals surface area contributed by atoms with Crippen molar-refractivity contribution >= 4 is 17.5 Å². The fourth-order valence-corrected chi connectivity index (χ4v) is 1.63. The molecule has 100 valence electrons. The minimum Gasteiger partial charge on any atom is -0.478 e. The standard InChI is InChI=1S/C12H15N5O2/c13-10-7-9(12(18)19)8-15-11(10)14-3-1-5-17-6-2-4-16-17/h2,4,6-8H,1,3,5,13H2,(H,14,15)(H,18,19). The number of rotatable bonds is 6. The van der Waals surface area contributed by atoms with E-state index >= 15 is 0 Å². The van der Waals surface area contributed by atoms with E-state index in [-0.39, 0.29) is 5.56 Å². The number of pyridine rings is 1. The van der Waals surface area contributed by atoms with Gasteiger partial charge < -0.3 is 16.2 Å². The third-order valence-corrected chi connectivity index (χ3v) is 2.58. The molecule has 0 aliphatic rings. The van der Waals surface area contributed by atoms with Crippen molar-refractivity contribution in [1.82, 2.24) is 14.8 Å². The zero-order chi connectivity index (χ0) is 13.7. The second kappa shape index (κ2) is 5.85. The molecular weight excluding hydrogens is 246 g/mol. The van der Waals surface area contributed by atoms with E-state index < -0.39 is 5.97 Å². The topological polar surface area (TPSA) is 106 Å². The number of nitrogens with zero attached hydrogens (tertiary/aromatic N) is 3. The van der Waals surface area contributed by atoms with Crippen LogP contribution in [0.5, 0.6) is 0 Å². The van der Waals surface area contributed by atoms with Crippen molar-refractivity contribution in [2.24, 2.45) is 0 Å². The summed E-state index contributed by atoms with van der Waals surface area (Å²) >= 11 is 0. The molecule has 19 heavy (non-hydrogen) atoms. The number of hydrogen-bond acceptors (Lipinski definition) is 5. The lowest BCUT2D eigenvalue weighted by molar-refractivity contribution is 0.0696. The first kappa shape index (κ1) is 12.9. The Morgan fingerprint density at radius 2 is 2.37 bits per heavy atom. The zero-order valence-corrected chi connectivity index (χ0v) is 10.3. The molecule has 2 aromatic heterocycles. The second-order valence-corrected chi connectivity index (χ2v) is 4.02. The monoisotopic (exact) mass is 261 g/mol. The van der Waals surface area contributed by atoms with Crippen molar-refractivity contribution in [2.45, 2.75) is 13.0 Å². The summed E-state index contributed by atoms with van der Waals surface area (Å²) in [5, 5.41) is 16.0. The van der Waals surface area contributed by atoms with Crippen molar-refractivity contribution < 1.29 is 9.90 Å².